The van der Waals surface area contributed by atoms with Crippen molar-refractivity contribution in [2.45, 2.75) is 37.2 Å². The van der Waals surface area contributed by atoms with E-state index in [9.17, 15) is 26.4 Å². The predicted molar refractivity (Wildman–Crippen MR) is 102 cm³/mol. The number of carbonyl (C=O) groups is 1. The molecule has 30 heavy (non-hydrogen) atoms. The maximum absolute atomic E-state index is 13.3. The van der Waals surface area contributed by atoms with Crippen molar-refractivity contribution >= 4 is 16.0 Å². The van der Waals surface area contributed by atoms with E-state index in [1.807, 2.05) is 0 Å². The predicted octanol–water partition coefficient (Wildman–Crippen LogP) is 2.60. The normalized spacial score (nSPS) is 24.8. The molecule has 2 fully saturated rings. The van der Waals surface area contributed by atoms with Crippen LogP contribution in [0.1, 0.15) is 36.9 Å². The first kappa shape index (κ1) is 23.0. The Labute approximate surface area is 173 Å². The summed E-state index contributed by atoms with van der Waals surface area (Å²) in [4.78, 5) is 17.3. The van der Waals surface area contributed by atoms with Crippen molar-refractivity contribution in [1.82, 2.24) is 9.37 Å². The van der Waals surface area contributed by atoms with Gasteiger partial charge in [-0.15, -0.1) is 0 Å². The monoisotopic (exact) mass is 450 g/mol. The fraction of sp³-hybridized carbons (Fsp3) is 0.632. The summed E-state index contributed by atoms with van der Waals surface area (Å²) >= 11 is 0. The van der Waals surface area contributed by atoms with Gasteiger partial charge in [0, 0.05) is 20.1 Å². The van der Waals surface area contributed by atoms with Gasteiger partial charge >= 0.3 is 12.1 Å². The van der Waals surface area contributed by atoms with E-state index < -0.39 is 33.1 Å². The Morgan fingerprint density at radius 2 is 1.93 bits per heavy atom. The number of halogens is 3. The van der Waals surface area contributed by atoms with Gasteiger partial charge in [0.25, 0.3) is 0 Å². The minimum Gasteiger partial charge on any atom is -0.466 e. The lowest BCUT2D eigenvalue weighted by molar-refractivity contribution is -0.149. The van der Waals surface area contributed by atoms with Crippen molar-refractivity contribution in [3.8, 4) is 0 Å². The van der Waals surface area contributed by atoms with Crippen molar-refractivity contribution < 1.29 is 36.0 Å². The molecule has 0 radical (unpaired) electrons. The van der Waals surface area contributed by atoms with Gasteiger partial charge in [0.05, 0.1) is 30.7 Å². The van der Waals surface area contributed by atoms with Crippen molar-refractivity contribution in [1.29, 1.82) is 0 Å². The van der Waals surface area contributed by atoms with E-state index >= 15 is 0 Å². The molecule has 7 nitrogen and oxygen atoms in total. The van der Waals surface area contributed by atoms with Gasteiger partial charge in [-0.2, -0.15) is 18.2 Å². The molecule has 1 aromatic carbocycles. The molecule has 0 aromatic heterocycles. The Kier molecular flexibility index (Phi) is 6.75. The number of piperidine rings is 1. The number of nitrogens with zero attached hydrogens (tertiary/aromatic N) is 2. The minimum atomic E-state index is -4.53. The standard InChI is InChI=1S/C19H25F3N2O5S/c1-3-28-18(25)13-7-9-24(10-8-13)30(26,27)16-12-29-23(2)17(16)14-5-4-6-15(11-14)19(20,21)22/h4-6,11,13,16-17H,3,7-10,12H2,1-2H3/t16-,17-/m0/s1. The van der Waals surface area contributed by atoms with Crippen LogP contribution in [0.25, 0.3) is 0 Å². The summed E-state index contributed by atoms with van der Waals surface area (Å²) in [6.45, 7) is 2.13. The average molecular weight is 450 g/mol. The fourth-order valence-corrected chi connectivity index (χ4v) is 5.96. The van der Waals surface area contributed by atoms with Crippen LogP contribution >= 0.6 is 0 Å². The van der Waals surface area contributed by atoms with Crippen molar-refractivity contribution in [2.75, 3.05) is 33.4 Å². The number of rotatable bonds is 5. The number of carbonyl (C=O) groups excluding carboxylic acids is 1. The van der Waals surface area contributed by atoms with Gasteiger partial charge in [-0.05, 0) is 37.5 Å². The number of hydrogen-bond donors (Lipinski definition) is 0. The Hall–Kier alpha value is -1.69. The maximum Gasteiger partial charge on any atom is 0.416 e. The number of esters is 1. The SMILES string of the molecule is CCOC(=O)C1CCN(S(=O)(=O)[C@H]2CON(C)[C@H]2c2cccc(C(F)(F)F)c2)CC1. The number of alkyl halides is 3. The molecule has 0 bridgehead atoms. The molecule has 168 valence electrons. The highest BCUT2D eigenvalue weighted by Gasteiger charge is 2.47. The Bertz CT molecular complexity index is 869. The van der Waals surface area contributed by atoms with E-state index in [1.54, 1.807) is 6.92 Å². The second kappa shape index (κ2) is 8.81. The fourth-order valence-electron chi connectivity index (χ4n) is 3.97. The molecular weight excluding hydrogens is 425 g/mol. The molecule has 0 aliphatic carbocycles. The highest BCUT2D eigenvalue weighted by atomic mass is 32.2. The number of hydroxylamine groups is 2. The molecule has 1 aromatic rings. The highest BCUT2D eigenvalue weighted by molar-refractivity contribution is 7.89. The zero-order chi connectivity index (χ0) is 22.1. The second-order valence-electron chi connectivity index (χ2n) is 7.42. The Balaban J connectivity index is 1.80. The smallest absolute Gasteiger partial charge is 0.416 e. The van der Waals surface area contributed by atoms with Crippen LogP contribution in [0.3, 0.4) is 0 Å². The molecule has 2 atom stereocenters. The Morgan fingerprint density at radius 3 is 2.53 bits per heavy atom. The van der Waals surface area contributed by atoms with Crippen LogP contribution in [0.4, 0.5) is 13.2 Å². The molecule has 0 amide bonds. The lowest BCUT2D eigenvalue weighted by atomic mass is 9.98. The molecule has 0 N–H and O–H groups in total. The quantitative estimate of drug-likeness (QED) is 0.642. The summed E-state index contributed by atoms with van der Waals surface area (Å²) in [5.41, 5.74) is -0.619. The first-order chi connectivity index (χ1) is 14.1. The lowest BCUT2D eigenvalue weighted by Gasteiger charge is -2.33. The molecule has 0 saturated carbocycles. The zero-order valence-electron chi connectivity index (χ0n) is 16.8. The molecule has 3 rings (SSSR count). The van der Waals surface area contributed by atoms with Gasteiger partial charge in [-0.25, -0.2) is 12.7 Å². The molecule has 2 heterocycles. The van der Waals surface area contributed by atoms with Gasteiger partial charge in [0.1, 0.15) is 5.25 Å². The second-order valence-corrected chi connectivity index (χ2v) is 9.57. The first-order valence-corrected chi connectivity index (χ1v) is 11.2. The number of benzene rings is 1. The largest absolute Gasteiger partial charge is 0.466 e. The van der Waals surface area contributed by atoms with E-state index in [0.29, 0.717) is 12.8 Å². The first-order valence-electron chi connectivity index (χ1n) is 9.74. The third-order valence-electron chi connectivity index (χ3n) is 5.56. The lowest BCUT2D eigenvalue weighted by Crippen LogP contribution is -2.47. The van der Waals surface area contributed by atoms with E-state index in [1.165, 1.54) is 28.5 Å². The van der Waals surface area contributed by atoms with Crippen LogP contribution in [0.5, 0.6) is 0 Å². The molecule has 11 heteroatoms. The van der Waals surface area contributed by atoms with Gasteiger partial charge in [-0.1, -0.05) is 12.1 Å². The van der Waals surface area contributed by atoms with Gasteiger partial charge in [0.15, 0.2) is 0 Å². The van der Waals surface area contributed by atoms with Gasteiger partial charge < -0.3 is 4.74 Å². The van der Waals surface area contributed by atoms with Crippen molar-refractivity contribution in [3.63, 3.8) is 0 Å². The number of ether oxygens (including phenoxy) is 1. The molecule has 2 aliphatic heterocycles. The summed E-state index contributed by atoms with van der Waals surface area (Å²) in [6.07, 6.45) is -3.84. The van der Waals surface area contributed by atoms with Crippen LogP contribution in [0, 0.1) is 5.92 Å². The van der Waals surface area contributed by atoms with Crippen LogP contribution in [0.2, 0.25) is 0 Å². The maximum atomic E-state index is 13.3. The summed E-state index contributed by atoms with van der Waals surface area (Å²) in [6, 6.07) is 3.77. The topological polar surface area (TPSA) is 76.1 Å². The molecule has 2 aliphatic rings. The molecule has 0 unspecified atom stereocenters. The number of sulfonamides is 1. The van der Waals surface area contributed by atoms with Crippen LogP contribution < -0.4 is 0 Å². The molecule has 2 saturated heterocycles. The summed E-state index contributed by atoms with van der Waals surface area (Å²) < 4.78 is 72.2. The third kappa shape index (κ3) is 4.63. The van der Waals surface area contributed by atoms with Crippen molar-refractivity contribution in [2.24, 2.45) is 5.92 Å². The average Bonchev–Trinajstić information content (AvgIpc) is 3.10. The summed E-state index contributed by atoms with van der Waals surface area (Å²) in [5.74, 6) is -0.682. The summed E-state index contributed by atoms with van der Waals surface area (Å²) in [5, 5.41) is 0.244. The number of hydrogen-bond acceptors (Lipinski definition) is 6. The van der Waals surface area contributed by atoms with E-state index in [2.05, 4.69) is 0 Å². The molecule has 0 spiro atoms. The van der Waals surface area contributed by atoms with Gasteiger partial charge in [0.2, 0.25) is 10.0 Å². The Morgan fingerprint density at radius 1 is 1.27 bits per heavy atom. The van der Waals surface area contributed by atoms with E-state index in [0.717, 1.165) is 12.1 Å². The van der Waals surface area contributed by atoms with Crippen molar-refractivity contribution in [3.05, 3.63) is 35.4 Å². The minimum absolute atomic E-state index is 0.154. The summed E-state index contributed by atoms with van der Waals surface area (Å²) in [7, 11) is -2.36. The zero-order valence-corrected chi connectivity index (χ0v) is 17.6. The van der Waals surface area contributed by atoms with E-state index in [-0.39, 0.29) is 43.8 Å². The van der Waals surface area contributed by atoms with Crippen LogP contribution in [-0.2, 0) is 30.6 Å². The van der Waals surface area contributed by atoms with E-state index in [4.69, 9.17) is 9.57 Å². The highest BCUT2D eigenvalue weighted by Crippen LogP contribution is 2.38. The third-order valence-corrected chi connectivity index (χ3v) is 7.80. The van der Waals surface area contributed by atoms with Crippen LogP contribution in [-0.4, -0.2) is 62.4 Å². The molecular formula is C19H25F3N2O5S. The van der Waals surface area contributed by atoms with Gasteiger partial charge in [-0.3, -0.25) is 9.63 Å². The van der Waals surface area contributed by atoms with Crippen LogP contribution in [0.15, 0.2) is 24.3 Å².